The first-order valence-corrected chi connectivity index (χ1v) is 10.8. The van der Waals surface area contributed by atoms with Crippen LogP contribution in [-0.2, 0) is 4.74 Å². The summed E-state index contributed by atoms with van der Waals surface area (Å²) in [6.07, 6.45) is 0. The number of hydrazine groups is 1. The van der Waals surface area contributed by atoms with Gasteiger partial charge < -0.3 is 14.4 Å². The van der Waals surface area contributed by atoms with Crippen molar-refractivity contribution in [2.45, 2.75) is 6.92 Å². The first-order valence-electron chi connectivity index (χ1n) is 9.94. The van der Waals surface area contributed by atoms with Gasteiger partial charge in [-0.25, -0.2) is 9.37 Å². The summed E-state index contributed by atoms with van der Waals surface area (Å²) in [7, 11) is 0. The largest absolute Gasteiger partial charge is 0.457 e. The second-order valence-corrected chi connectivity index (χ2v) is 7.98. The number of nitrogens with zero attached hydrogens (tertiary/aromatic N) is 2. The van der Waals surface area contributed by atoms with Crippen LogP contribution in [0.3, 0.4) is 0 Å². The minimum atomic E-state index is -0.470. The van der Waals surface area contributed by atoms with E-state index in [2.05, 4.69) is 20.7 Å². The van der Waals surface area contributed by atoms with Gasteiger partial charge in [0.25, 0.3) is 11.8 Å². The molecule has 32 heavy (non-hydrogen) atoms. The Labute approximate surface area is 187 Å². The van der Waals surface area contributed by atoms with Gasteiger partial charge in [0.2, 0.25) is 0 Å². The topological polar surface area (TPSA) is 92.8 Å². The predicted octanol–water partition coefficient (Wildman–Crippen LogP) is 3.29. The van der Waals surface area contributed by atoms with Crippen molar-refractivity contribution in [3.8, 4) is 11.5 Å². The summed E-state index contributed by atoms with van der Waals surface area (Å²) in [5.41, 5.74) is 5.79. The Morgan fingerprint density at radius 3 is 2.25 bits per heavy atom. The highest BCUT2D eigenvalue weighted by Gasteiger charge is 2.21. The molecule has 1 aliphatic rings. The number of carbonyl (C=O) groups is 2. The number of carbonyl (C=O) groups excluding carboxylic acids is 2. The van der Waals surface area contributed by atoms with Crippen molar-refractivity contribution in [3.63, 3.8) is 0 Å². The molecule has 1 aromatic heterocycles. The van der Waals surface area contributed by atoms with Gasteiger partial charge in [-0.3, -0.25) is 20.4 Å². The minimum Gasteiger partial charge on any atom is -0.457 e. The van der Waals surface area contributed by atoms with E-state index in [1.807, 2.05) is 0 Å². The number of benzene rings is 2. The molecule has 2 amide bonds. The maximum absolute atomic E-state index is 13.0. The summed E-state index contributed by atoms with van der Waals surface area (Å²) in [6.45, 7) is 4.47. The van der Waals surface area contributed by atoms with E-state index in [-0.39, 0.29) is 5.82 Å². The molecule has 3 aromatic rings. The average Bonchev–Trinajstić information content (AvgIpc) is 3.21. The molecule has 0 aliphatic carbocycles. The van der Waals surface area contributed by atoms with Crippen molar-refractivity contribution in [1.29, 1.82) is 0 Å². The van der Waals surface area contributed by atoms with Crippen LogP contribution in [0.25, 0.3) is 0 Å². The molecule has 1 aliphatic heterocycles. The Balaban J connectivity index is 1.32. The lowest BCUT2D eigenvalue weighted by molar-refractivity contribution is 0.0848. The van der Waals surface area contributed by atoms with Crippen molar-refractivity contribution < 1.29 is 23.5 Å². The fourth-order valence-electron chi connectivity index (χ4n) is 3.04. The number of hydrogen-bond acceptors (Lipinski definition) is 7. The monoisotopic (exact) mass is 456 g/mol. The molecule has 0 saturated carbocycles. The molecule has 2 heterocycles. The molecule has 0 radical (unpaired) electrons. The van der Waals surface area contributed by atoms with Gasteiger partial charge in [0.1, 0.15) is 22.2 Å². The molecule has 0 bridgehead atoms. The molecule has 10 heteroatoms. The third kappa shape index (κ3) is 5.21. The molecule has 2 N–H and O–H groups in total. The van der Waals surface area contributed by atoms with Crippen LogP contribution in [0.15, 0.2) is 48.5 Å². The van der Waals surface area contributed by atoms with E-state index >= 15 is 0 Å². The molecular weight excluding hydrogens is 435 g/mol. The van der Waals surface area contributed by atoms with Gasteiger partial charge in [-0.05, 0) is 55.5 Å². The summed E-state index contributed by atoms with van der Waals surface area (Å²) in [5.74, 6) is -0.274. The third-order valence-corrected chi connectivity index (χ3v) is 5.95. The van der Waals surface area contributed by atoms with Crippen LogP contribution in [0.4, 0.5) is 9.52 Å². The van der Waals surface area contributed by atoms with Gasteiger partial charge in [0, 0.05) is 18.7 Å². The van der Waals surface area contributed by atoms with Crippen molar-refractivity contribution in [1.82, 2.24) is 15.8 Å². The van der Waals surface area contributed by atoms with Gasteiger partial charge >= 0.3 is 0 Å². The number of hydrogen-bond donors (Lipinski definition) is 2. The smallest absolute Gasteiger partial charge is 0.281 e. The predicted molar refractivity (Wildman–Crippen MR) is 118 cm³/mol. The summed E-state index contributed by atoms with van der Waals surface area (Å²) in [4.78, 5) is 31.9. The maximum atomic E-state index is 13.0. The maximum Gasteiger partial charge on any atom is 0.281 e. The number of nitrogens with one attached hydrogen (secondary N) is 2. The van der Waals surface area contributed by atoms with Crippen molar-refractivity contribution in [3.05, 3.63) is 70.5 Å². The Hall–Kier alpha value is -3.50. The van der Waals surface area contributed by atoms with Gasteiger partial charge in [-0.2, -0.15) is 0 Å². The van der Waals surface area contributed by atoms with Crippen LogP contribution >= 0.6 is 11.3 Å². The lowest BCUT2D eigenvalue weighted by Crippen LogP contribution is -2.41. The highest BCUT2D eigenvalue weighted by atomic mass is 32.1. The normalized spacial score (nSPS) is 13.5. The number of amides is 2. The number of morpholine rings is 1. The molecule has 4 rings (SSSR count). The highest BCUT2D eigenvalue weighted by molar-refractivity contribution is 7.17. The van der Waals surface area contributed by atoms with Crippen molar-refractivity contribution >= 4 is 28.3 Å². The lowest BCUT2D eigenvalue weighted by Gasteiger charge is -2.25. The van der Waals surface area contributed by atoms with Crippen LogP contribution in [0.2, 0.25) is 0 Å². The Morgan fingerprint density at radius 1 is 1.00 bits per heavy atom. The van der Waals surface area contributed by atoms with E-state index in [1.54, 1.807) is 31.2 Å². The number of rotatable bonds is 5. The van der Waals surface area contributed by atoms with E-state index in [4.69, 9.17) is 9.47 Å². The lowest BCUT2D eigenvalue weighted by atomic mass is 10.2. The fourth-order valence-corrected chi connectivity index (χ4v) is 4.05. The van der Waals surface area contributed by atoms with E-state index in [9.17, 15) is 14.0 Å². The van der Waals surface area contributed by atoms with E-state index in [0.717, 1.165) is 18.2 Å². The van der Waals surface area contributed by atoms with Crippen LogP contribution < -0.4 is 20.5 Å². The Kier molecular flexibility index (Phi) is 6.62. The second-order valence-electron chi connectivity index (χ2n) is 7.00. The molecular formula is C22H21FN4O4S. The zero-order chi connectivity index (χ0) is 22.5. The molecule has 8 nitrogen and oxygen atoms in total. The fraction of sp³-hybridized carbons (Fsp3) is 0.227. The quantitative estimate of drug-likeness (QED) is 0.573. The molecule has 0 atom stereocenters. The molecule has 1 fully saturated rings. The van der Waals surface area contributed by atoms with Gasteiger partial charge in [0.15, 0.2) is 5.13 Å². The Bertz CT molecular complexity index is 1100. The van der Waals surface area contributed by atoms with Gasteiger partial charge in [-0.1, -0.05) is 11.3 Å². The molecule has 1 saturated heterocycles. The van der Waals surface area contributed by atoms with Crippen LogP contribution in [-0.4, -0.2) is 43.1 Å². The molecule has 2 aromatic carbocycles. The van der Waals surface area contributed by atoms with Crippen molar-refractivity contribution in [2.75, 3.05) is 31.2 Å². The standard InChI is InChI=1S/C22H21FN4O4S/c1-14-19(32-22(24-14)27-10-12-30-13-11-27)21(29)26-25-20(28)15-2-6-17(7-3-15)31-18-8-4-16(23)5-9-18/h2-9H,10-13H2,1H3,(H,25,28)(H,26,29). The average molecular weight is 456 g/mol. The number of aromatic nitrogens is 1. The molecule has 166 valence electrons. The minimum absolute atomic E-state index is 0.340. The summed E-state index contributed by atoms with van der Waals surface area (Å²) in [6, 6.07) is 12.0. The first-order chi connectivity index (χ1) is 15.5. The third-order valence-electron chi connectivity index (χ3n) is 4.73. The SMILES string of the molecule is Cc1nc(N2CCOCC2)sc1C(=O)NNC(=O)c1ccc(Oc2ccc(F)cc2)cc1. The Morgan fingerprint density at radius 2 is 1.59 bits per heavy atom. The summed E-state index contributed by atoms with van der Waals surface area (Å²) >= 11 is 1.28. The van der Waals surface area contributed by atoms with Crippen LogP contribution in [0.1, 0.15) is 25.7 Å². The van der Waals surface area contributed by atoms with Crippen LogP contribution in [0, 0.1) is 12.7 Å². The number of ether oxygens (including phenoxy) is 2. The summed E-state index contributed by atoms with van der Waals surface area (Å²) in [5, 5.41) is 0.763. The van der Waals surface area contributed by atoms with E-state index in [0.29, 0.717) is 40.8 Å². The zero-order valence-electron chi connectivity index (χ0n) is 17.3. The van der Waals surface area contributed by atoms with Crippen LogP contribution in [0.5, 0.6) is 11.5 Å². The van der Waals surface area contributed by atoms with Gasteiger partial charge in [0.05, 0.1) is 18.9 Å². The number of aryl methyl sites for hydroxylation is 1. The first kappa shape index (κ1) is 21.7. The van der Waals surface area contributed by atoms with Crippen molar-refractivity contribution in [2.24, 2.45) is 0 Å². The number of halogens is 1. The van der Waals surface area contributed by atoms with E-state index < -0.39 is 11.8 Å². The second kappa shape index (κ2) is 9.75. The zero-order valence-corrected chi connectivity index (χ0v) is 18.1. The van der Waals surface area contributed by atoms with Gasteiger partial charge in [-0.15, -0.1) is 0 Å². The molecule has 0 spiro atoms. The molecule has 0 unspecified atom stereocenters. The summed E-state index contributed by atoms with van der Waals surface area (Å²) < 4.78 is 23.9. The number of anilines is 1. The van der Waals surface area contributed by atoms with E-state index in [1.165, 1.54) is 35.6 Å². The highest BCUT2D eigenvalue weighted by Crippen LogP contribution is 2.26. The number of thiazole rings is 1.